The van der Waals surface area contributed by atoms with E-state index in [1.165, 1.54) is 13.2 Å². The van der Waals surface area contributed by atoms with Gasteiger partial charge in [-0.05, 0) is 68.0 Å². The highest BCUT2D eigenvalue weighted by Gasteiger charge is 2.43. The lowest BCUT2D eigenvalue weighted by Gasteiger charge is -2.33. The molecule has 194 valence electrons. The number of aryl methyl sites for hydroxylation is 1. The Labute approximate surface area is 224 Å². The van der Waals surface area contributed by atoms with Crippen LogP contribution in [0.1, 0.15) is 27.2 Å². The van der Waals surface area contributed by atoms with Crippen LogP contribution < -0.4 is 9.80 Å². The standard InChI is InChI=1S/C31H24N2O6/c1-19-12-14-22(15-13-19)33-29(35)26(28(34)32(31(33)37)21-8-5-4-6-9-21)18-23-16-17-27(39-23)24-10-7-11-25(20(24)2)30(36)38-3/h4-18H,1-3H3/b26-18+. The van der Waals surface area contributed by atoms with Gasteiger partial charge in [0.15, 0.2) is 0 Å². The van der Waals surface area contributed by atoms with Crippen LogP contribution in [0.2, 0.25) is 0 Å². The van der Waals surface area contributed by atoms with Crippen LogP contribution in [0.5, 0.6) is 0 Å². The minimum atomic E-state index is -0.771. The van der Waals surface area contributed by atoms with E-state index in [1.54, 1.807) is 91.9 Å². The zero-order valence-electron chi connectivity index (χ0n) is 21.5. The number of barbiturate groups is 1. The zero-order valence-corrected chi connectivity index (χ0v) is 21.5. The van der Waals surface area contributed by atoms with Crippen molar-refractivity contribution in [2.24, 2.45) is 0 Å². The van der Waals surface area contributed by atoms with E-state index < -0.39 is 23.8 Å². The van der Waals surface area contributed by atoms with Gasteiger partial charge in [-0.3, -0.25) is 9.59 Å². The van der Waals surface area contributed by atoms with Crippen molar-refractivity contribution in [3.05, 3.63) is 113 Å². The van der Waals surface area contributed by atoms with Gasteiger partial charge in [0, 0.05) is 5.56 Å². The molecule has 0 radical (unpaired) electrons. The van der Waals surface area contributed by atoms with Gasteiger partial charge in [-0.25, -0.2) is 19.4 Å². The summed E-state index contributed by atoms with van der Waals surface area (Å²) < 4.78 is 10.8. The number of hydrogen-bond donors (Lipinski definition) is 0. The molecule has 39 heavy (non-hydrogen) atoms. The molecule has 3 aromatic carbocycles. The largest absolute Gasteiger partial charge is 0.465 e. The van der Waals surface area contributed by atoms with Crippen LogP contribution >= 0.6 is 0 Å². The van der Waals surface area contributed by atoms with Crippen molar-refractivity contribution >= 4 is 41.3 Å². The molecule has 0 spiro atoms. The second-order valence-electron chi connectivity index (χ2n) is 8.96. The van der Waals surface area contributed by atoms with Gasteiger partial charge in [0.1, 0.15) is 17.1 Å². The molecule has 0 N–H and O–H groups in total. The lowest BCUT2D eigenvalue weighted by Crippen LogP contribution is -2.57. The van der Waals surface area contributed by atoms with Crippen molar-refractivity contribution in [3.63, 3.8) is 0 Å². The number of nitrogens with zero attached hydrogens (tertiary/aromatic N) is 2. The first-order valence-electron chi connectivity index (χ1n) is 12.1. The summed E-state index contributed by atoms with van der Waals surface area (Å²) in [4.78, 5) is 54.7. The van der Waals surface area contributed by atoms with Crippen LogP contribution in [-0.2, 0) is 14.3 Å². The molecular weight excluding hydrogens is 496 g/mol. The SMILES string of the molecule is COC(=O)c1cccc(-c2ccc(/C=C3\C(=O)N(c4ccccc4)C(=O)N(c4ccc(C)cc4)C3=O)o2)c1C. The number of rotatable bonds is 5. The average molecular weight is 521 g/mol. The van der Waals surface area contributed by atoms with Gasteiger partial charge < -0.3 is 9.15 Å². The number of anilines is 2. The summed E-state index contributed by atoms with van der Waals surface area (Å²) >= 11 is 0. The normalized spacial score (nSPS) is 14.7. The van der Waals surface area contributed by atoms with E-state index in [0.29, 0.717) is 33.8 Å². The van der Waals surface area contributed by atoms with E-state index in [1.807, 2.05) is 6.92 Å². The van der Waals surface area contributed by atoms with Gasteiger partial charge >= 0.3 is 12.0 Å². The first-order chi connectivity index (χ1) is 18.8. The molecule has 0 saturated carbocycles. The van der Waals surface area contributed by atoms with Crippen LogP contribution in [-0.4, -0.2) is 30.9 Å². The molecule has 5 rings (SSSR count). The van der Waals surface area contributed by atoms with Crippen LogP contribution in [0, 0.1) is 13.8 Å². The third-order valence-electron chi connectivity index (χ3n) is 6.47. The fraction of sp³-hybridized carbons (Fsp3) is 0.0968. The summed E-state index contributed by atoms with van der Waals surface area (Å²) in [7, 11) is 1.31. The van der Waals surface area contributed by atoms with Crippen LogP contribution in [0.4, 0.5) is 16.2 Å². The minimum Gasteiger partial charge on any atom is -0.465 e. The quantitative estimate of drug-likeness (QED) is 0.184. The highest BCUT2D eigenvalue weighted by molar-refractivity contribution is 6.46. The van der Waals surface area contributed by atoms with Gasteiger partial charge in [0.05, 0.1) is 24.0 Å². The molecule has 2 heterocycles. The Morgan fingerprint density at radius 2 is 1.41 bits per heavy atom. The van der Waals surface area contributed by atoms with Gasteiger partial charge in [0.2, 0.25) is 0 Å². The van der Waals surface area contributed by atoms with E-state index in [0.717, 1.165) is 15.4 Å². The fourth-order valence-corrected chi connectivity index (χ4v) is 4.41. The maximum atomic E-state index is 13.6. The predicted octanol–water partition coefficient (Wildman–Crippen LogP) is 5.93. The molecule has 4 amide bonds. The van der Waals surface area contributed by atoms with Gasteiger partial charge in [-0.2, -0.15) is 0 Å². The van der Waals surface area contributed by atoms with E-state index in [-0.39, 0.29) is 11.3 Å². The number of carbonyl (C=O) groups excluding carboxylic acids is 4. The number of furan rings is 1. The van der Waals surface area contributed by atoms with E-state index >= 15 is 0 Å². The smallest absolute Gasteiger partial charge is 0.343 e. The summed E-state index contributed by atoms with van der Waals surface area (Å²) in [5.74, 6) is -1.32. The van der Waals surface area contributed by atoms with E-state index in [2.05, 4.69) is 0 Å². The van der Waals surface area contributed by atoms with Crippen LogP contribution in [0.25, 0.3) is 17.4 Å². The first kappa shape index (κ1) is 25.4. The summed E-state index contributed by atoms with van der Waals surface area (Å²) in [6, 6.07) is 23.0. The Morgan fingerprint density at radius 3 is 2.05 bits per heavy atom. The number of carbonyl (C=O) groups is 4. The Morgan fingerprint density at radius 1 is 0.769 bits per heavy atom. The van der Waals surface area contributed by atoms with Crippen molar-refractivity contribution in [1.29, 1.82) is 0 Å². The van der Waals surface area contributed by atoms with Crippen LogP contribution in [0.15, 0.2) is 94.9 Å². The Kier molecular flexibility index (Phi) is 6.68. The maximum absolute atomic E-state index is 13.6. The molecule has 0 bridgehead atoms. The van der Waals surface area contributed by atoms with Crippen molar-refractivity contribution < 1.29 is 28.3 Å². The Balaban J connectivity index is 1.58. The number of methoxy groups -OCH3 is 1. The highest BCUT2D eigenvalue weighted by atomic mass is 16.5. The Bertz CT molecular complexity index is 1630. The number of imide groups is 2. The number of para-hydroxylation sites is 1. The minimum absolute atomic E-state index is 0.232. The molecule has 1 saturated heterocycles. The second-order valence-corrected chi connectivity index (χ2v) is 8.96. The lowest BCUT2D eigenvalue weighted by molar-refractivity contribution is -0.121. The molecule has 1 fully saturated rings. The van der Waals surface area contributed by atoms with E-state index in [4.69, 9.17) is 9.15 Å². The van der Waals surface area contributed by atoms with Gasteiger partial charge in [-0.15, -0.1) is 0 Å². The monoisotopic (exact) mass is 520 g/mol. The topological polar surface area (TPSA) is 97.1 Å². The number of esters is 1. The zero-order chi connectivity index (χ0) is 27.7. The molecule has 0 atom stereocenters. The van der Waals surface area contributed by atoms with Crippen molar-refractivity contribution in [2.45, 2.75) is 13.8 Å². The maximum Gasteiger partial charge on any atom is 0.343 e. The average Bonchev–Trinajstić information content (AvgIpc) is 3.41. The number of urea groups is 1. The van der Waals surface area contributed by atoms with Crippen molar-refractivity contribution in [1.82, 2.24) is 0 Å². The van der Waals surface area contributed by atoms with Gasteiger partial charge in [-0.1, -0.05) is 48.0 Å². The number of ether oxygens (including phenoxy) is 1. The van der Waals surface area contributed by atoms with Crippen molar-refractivity contribution in [2.75, 3.05) is 16.9 Å². The number of hydrogen-bond acceptors (Lipinski definition) is 6. The van der Waals surface area contributed by atoms with Crippen molar-refractivity contribution in [3.8, 4) is 11.3 Å². The summed E-state index contributed by atoms with van der Waals surface area (Å²) in [6.07, 6.45) is 1.33. The molecule has 1 aliphatic heterocycles. The second kappa shape index (κ2) is 10.3. The van der Waals surface area contributed by atoms with Gasteiger partial charge in [0.25, 0.3) is 11.8 Å². The molecular formula is C31H24N2O6. The molecule has 1 aliphatic rings. The third-order valence-corrected chi connectivity index (χ3v) is 6.47. The highest BCUT2D eigenvalue weighted by Crippen LogP contribution is 2.32. The molecule has 4 aromatic rings. The third kappa shape index (κ3) is 4.64. The number of amides is 4. The fourth-order valence-electron chi connectivity index (χ4n) is 4.41. The summed E-state index contributed by atoms with van der Waals surface area (Å²) in [5, 5.41) is 0. The Hall–Kier alpha value is -5.24. The van der Waals surface area contributed by atoms with Crippen LogP contribution in [0.3, 0.4) is 0 Å². The summed E-state index contributed by atoms with van der Waals surface area (Å²) in [5.41, 5.74) is 3.11. The summed E-state index contributed by atoms with van der Waals surface area (Å²) in [6.45, 7) is 3.67. The van der Waals surface area contributed by atoms with E-state index in [9.17, 15) is 19.2 Å². The molecule has 0 unspecified atom stereocenters. The molecule has 1 aromatic heterocycles. The molecule has 8 nitrogen and oxygen atoms in total. The first-order valence-corrected chi connectivity index (χ1v) is 12.1. The predicted molar refractivity (Wildman–Crippen MR) is 146 cm³/mol. The molecule has 8 heteroatoms. The molecule has 0 aliphatic carbocycles. The number of benzene rings is 3. The lowest BCUT2D eigenvalue weighted by atomic mass is 10.0.